The Bertz CT molecular complexity index is 1120. The fraction of sp³-hybridized carbons (Fsp3) is 0.111. The first-order chi connectivity index (χ1) is 12.2. The van der Waals surface area contributed by atoms with Crippen molar-refractivity contribution in [3.8, 4) is 28.3 Å². The van der Waals surface area contributed by atoms with Gasteiger partial charge in [0.25, 0.3) is 5.56 Å². The highest BCUT2D eigenvalue weighted by molar-refractivity contribution is 5.93. The lowest BCUT2D eigenvalue weighted by atomic mass is 10.0. The summed E-state index contributed by atoms with van der Waals surface area (Å²) in [5.41, 5.74) is 4.04. The van der Waals surface area contributed by atoms with Gasteiger partial charge in [-0.05, 0) is 0 Å². The van der Waals surface area contributed by atoms with E-state index < -0.39 is 0 Å². The highest BCUT2D eigenvalue weighted by atomic mass is 16.5. The van der Waals surface area contributed by atoms with E-state index in [0.717, 1.165) is 16.8 Å². The Morgan fingerprint density at radius 2 is 1.92 bits per heavy atom. The fourth-order valence-corrected chi connectivity index (χ4v) is 2.82. The highest BCUT2D eigenvalue weighted by Crippen LogP contribution is 2.32. The highest BCUT2D eigenvalue weighted by Gasteiger charge is 2.17. The van der Waals surface area contributed by atoms with Crippen molar-refractivity contribution in [1.29, 1.82) is 0 Å². The summed E-state index contributed by atoms with van der Waals surface area (Å²) in [5.74, 6) is 0.214. The van der Waals surface area contributed by atoms with E-state index in [2.05, 4.69) is 20.1 Å². The Labute approximate surface area is 142 Å². The zero-order valence-electron chi connectivity index (χ0n) is 13.7. The second kappa shape index (κ2) is 5.86. The fourth-order valence-electron chi connectivity index (χ4n) is 2.82. The zero-order valence-corrected chi connectivity index (χ0v) is 13.7. The lowest BCUT2D eigenvalue weighted by molar-refractivity contribution is 0.409. The van der Waals surface area contributed by atoms with Crippen molar-refractivity contribution in [2.24, 2.45) is 7.05 Å². The van der Waals surface area contributed by atoms with Crippen LogP contribution in [0.4, 0.5) is 0 Å². The molecule has 25 heavy (non-hydrogen) atoms. The average molecular weight is 333 g/mol. The third-order valence-electron chi connectivity index (χ3n) is 3.96. The van der Waals surface area contributed by atoms with Gasteiger partial charge in [-0.2, -0.15) is 5.10 Å². The van der Waals surface area contributed by atoms with Gasteiger partial charge in [0.05, 0.1) is 18.1 Å². The molecule has 0 spiro atoms. The molecule has 3 heterocycles. The minimum absolute atomic E-state index is 0.214. The summed E-state index contributed by atoms with van der Waals surface area (Å²) in [6.45, 7) is 0. The summed E-state index contributed by atoms with van der Waals surface area (Å²) < 4.78 is 6.80. The summed E-state index contributed by atoms with van der Waals surface area (Å²) in [4.78, 5) is 23.6. The summed E-state index contributed by atoms with van der Waals surface area (Å²) in [5, 5.41) is 4.56. The largest absolute Gasteiger partial charge is 0.491 e. The predicted octanol–water partition coefficient (Wildman–Crippen LogP) is 2.39. The van der Waals surface area contributed by atoms with Crippen LogP contribution in [0.1, 0.15) is 0 Å². The van der Waals surface area contributed by atoms with Crippen LogP contribution >= 0.6 is 0 Å². The molecule has 0 atom stereocenters. The molecule has 3 aromatic heterocycles. The molecule has 4 aromatic rings. The van der Waals surface area contributed by atoms with Gasteiger partial charge in [0.1, 0.15) is 17.7 Å². The van der Waals surface area contributed by atoms with Gasteiger partial charge in [0, 0.05) is 30.4 Å². The smallest absolute Gasteiger partial charge is 0.290 e. The van der Waals surface area contributed by atoms with Gasteiger partial charge >= 0.3 is 0 Å². The number of aryl methyl sites for hydroxylation is 1. The number of benzene rings is 1. The van der Waals surface area contributed by atoms with Crippen LogP contribution in [-0.4, -0.2) is 31.8 Å². The molecule has 0 saturated heterocycles. The SMILES string of the molecule is COc1cc2ncnc(-c3cn(C)nc3-c3ccccc3)c2[nH]c1=O. The van der Waals surface area contributed by atoms with E-state index in [-0.39, 0.29) is 11.3 Å². The van der Waals surface area contributed by atoms with Crippen molar-refractivity contribution in [3.63, 3.8) is 0 Å². The first-order valence-electron chi connectivity index (χ1n) is 7.69. The number of H-pyrrole nitrogens is 1. The molecule has 7 nitrogen and oxygen atoms in total. The molecule has 124 valence electrons. The van der Waals surface area contributed by atoms with Crippen molar-refractivity contribution in [2.45, 2.75) is 0 Å². The predicted molar refractivity (Wildman–Crippen MR) is 94.3 cm³/mol. The average Bonchev–Trinajstić information content (AvgIpc) is 3.03. The third kappa shape index (κ3) is 2.55. The van der Waals surface area contributed by atoms with Crippen LogP contribution in [0.25, 0.3) is 33.5 Å². The number of hydrogen-bond acceptors (Lipinski definition) is 5. The van der Waals surface area contributed by atoms with Gasteiger partial charge in [0.15, 0.2) is 5.75 Å². The number of nitrogens with one attached hydrogen (secondary N) is 1. The molecular formula is C18H15N5O2. The van der Waals surface area contributed by atoms with Gasteiger partial charge in [-0.3, -0.25) is 9.48 Å². The number of methoxy groups -OCH3 is 1. The second-order valence-corrected chi connectivity index (χ2v) is 5.58. The first-order valence-corrected chi connectivity index (χ1v) is 7.69. The maximum absolute atomic E-state index is 12.2. The maximum Gasteiger partial charge on any atom is 0.290 e. The van der Waals surface area contributed by atoms with Gasteiger partial charge in [0.2, 0.25) is 0 Å². The number of nitrogens with zero attached hydrogens (tertiary/aromatic N) is 4. The number of ether oxygens (including phenoxy) is 1. The van der Waals surface area contributed by atoms with Crippen LogP contribution in [0.3, 0.4) is 0 Å². The molecule has 0 unspecified atom stereocenters. The molecule has 0 fully saturated rings. The minimum atomic E-state index is -0.323. The van der Waals surface area contributed by atoms with E-state index in [1.54, 1.807) is 10.7 Å². The number of hydrogen-bond donors (Lipinski definition) is 1. The van der Waals surface area contributed by atoms with E-state index >= 15 is 0 Å². The number of fused-ring (bicyclic) bond motifs is 1. The third-order valence-corrected chi connectivity index (χ3v) is 3.96. The summed E-state index contributed by atoms with van der Waals surface area (Å²) >= 11 is 0. The Kier molecular flexibility index (Phi) is 3.53. The van der Waals surface area contributed by atoms with Gasteiger partial charge in [-0.15, -0.1) is 0 Å². The number of aromatic amines is 1. The van der Waals surface area contributed by atoms with E-state index in [1.165, 1.54) is 13.4 Å². The molecule has 4 rings (SSSR count). The first kappa shape index (κ1) is 15.1. The molecule has 0 amide bonds. The van der Waals surface area contributed by atoms with E-state index in [0.29, 0.717) is 16.7 Å². The number of pyridine rings is 1. The standard InChI is InChI=1S/C18H15N5O2/c1-23-9-12(15(22-23)11-6-4-3-5-7-11)16-17-13(19-10-20-16)8-14(25-2)18(24)21-17/h3-10H,1-2H3,(H,21,24). The Morgan fingerprint density at radius 1 is 1.12 bits per heavy atom. The molecule has 0 aliphatic rings. The monoisotopic (exact) mass is 333 g/mol. The van der Waals surface area contributed by atoms with Crippen molar-refractivity contribution < 1.29 is 4.74 Å². The van der Waals surface area contributed by atoms with Crippen LogP contribution in [-0.2, 0) is 7.05 Å². The van der Waals surface area contributed by atoms with Crippen LogP contribution < -0.4 is 10.3 Å². The van der Waals surface area contributed by atoms with Gasteiger partial charge in [-0.1, -0.05) is 30.3 Å². The van der Waals surface area contributed by atoms with Crippen molar-refractivity contribution in [2.75, 3.05) is 7.11 Å². The summed E-state index contributed by atoms with van der Waals surface area (Å²) in [6, 6.07) is 11.5. The molecular weight excluding hydrogens is 318 g/mol. The minimum Gasteiger partial charge on any atom is -0.491 e. The second-order valence-electron chi connectivity index (χ2n) is 5.58. The van der Waals surface area contributed by atoms with Crippen LogP contribution in [0.5, 0.6) is 5.75 Å². The van der Waals surface area contributed by atoms with Crippen molar-refractivity contribution in [3.05, 3.63) is 59.3 Å². The van der Waals surface area contributed by atoms with Crippen molar-refractivity contribution in [1.82, 2.24) is 24.7 Å². The van der Waals surface area contributed by atoms with E-state index in [1.807, 2.05) is 43.6 Å². The molecule has 1 aromatic carbocycles. The molecule has 0 aliphatic heterocycles. The summed E-state index contributed by atoms with van der Waals surface area (Å²) in [6.07, 6.45) is 3.35. The topological polar surface area (TPSA) is 85.7 Å². The molecule has 0 radical (unpaired) electrons. The van der Waals surface area contributed by atoms with Gasteiger partial charge in [-0.25, -0.2) is 9.97 Å². The van der Waals surface area contributed by atoms with E-state index in [9.17, 15) is 4.79 Å². The van der Waals surface area contributed by atoms with E-state index in [4.69, 9.17) is 4.74 Å². The Hall–Kier alpha value is -3.48. The Morgan fingerprint density at radius 3 is 2.68 bits per heavy atom. The van der Waals surface area contributed by atoms with Crippen LogP contribution in [0.15, 0.2) is 53.7 Å². The lowest BCUT2D eigenvalue weighted by Crippen LogP contribution is -2.10. The van der Waals surface area contributed by atoms with Gasteiger partial charge < -0.3 is 9.72 Å². The number of rotatable bonds is 3. The zero-order chi connectivity index (χ0) is 17.4. The molecule has 0 bridgehead atoms. The lowest BCUT2D eigenvalue weighted by Gasteiger charge is -2.06. The quantitative estimate of drug-likeness (QED) is 0.622. The molecule has 7 heteroatoms. The maximum atomic E-state index is 12.2. The normalized spacial score (nSPS) is 11.0. The molecule has 1 N–H and O–H groups in total. The summed E-state index contributed by atoms with van der Waals surface area (Å²) in [7, 11) is 3.30. The van der Waals surface area contributed by atoms with Crippen molar-refractivity contribution >= 4 is 11.0 Å². The Balaban J connectivity index is 2.00. The number of aromatic nitrogens is 5. The van der Waals surface area contributed by atoms with Crippen LogP contribution in [0, 0.1) is 0 Å². The molecule has 0 aliphatic carbocycles. The van der Waals surface area contributed by atoms with Crippen LogP contribution in [0.2, 0.25) is 0 Å². The molecule has 0 saturated carbocycles.